The van der Waals surface area contributed by atoms with E-state index in [0.717, 1.165) is 53.3 Å². The van der Waals surface area contributed by atoms with Crippen LogP contribution < -0.4 is 22.1 Å². The zero-order valence-electron chi connectivity index (χ0n) is 38.6. The fourth-order valence-electron chi connectivity index (χ4n) is 11.3. The van der Waals surface area contributed by atoms with E-state index < -0.39 is 24.5 Å². The molecule has 11 rings (SSSR count). The fraction of sp³-hybridized carbons (Fsp3) is 0.420. The van der Waals surface area contributed by atoms with E-state index in [-0.39, 0.29) is 29.0 Å². The molecule has 67 heavy (non-hydrogen) atoms. The van der Waals surface area contributed by atoms with Crippen LogP contribution in [0.5, 0.6) is 0 Å². The monoisotopic (exact) mass is 927 g/mol. The van der Waals surface area contributed by atoms with E-state index in [0.29, 0.717) is 90.1 Å². The molecule has 2 aliphatic carbocycles. The minimum Gasteiger partial charge on any atom is -0.387 e. The molecule has 348 valence electrons. The number of aryl methyl sites for hydroxylation is 2. The van der Waals surface area contributed by atoms with Crippen molar-refractivity contribution >= 4 is 34.9 Å². The second kappa shape index (κ2) is 15.9. The smallest absolute Gasteiger partial charge is 0.387 e. The highest BCUT2D eigenvalue weighted by molar-refractivity contribution is 7.72. The van der Waals surface area contributed by atoms with Crippen molar-refractivity contribution in [3.05, 3.63) is 133 Å². The average Bonchev–Trinajstić information content (AvgIpc) is 4.07. The summed E-state index contributed by atoms with van der Waals surface area (Å²) in [5.41, 5.74) is 5.65. The topological polar surface area (TPSA) is 167 Å². The van der Waals surface area contributed by atoms with Gasteiger partial charge in [0.1, 0.15) is 30.0 Å². The Morgan fingerprint density at radius 2 is 1.70 bits per heavy atom. The molecule has 4 aliphatic rings. The van der Waals surface area contributed by atoms with Crippen molar-refractivity contribution in [1.29, 1.82) is 0 Å². The first-order valence-corrected chi connectivity index (χ1v) is 25.4. The maximum Gasteiger partial charge on any atom is 0.438 e. The predicted octanol–water partition coefficient (Wildman–Crippen LogP) is 7.85. The molecule has 0 bridgehead atoms. The lowest BCUT2D eigenvalue weighted by atomic mass is 9.91. The van der Waals surface area contributed by atoms with Gasteiger partial charge in [-0.2, -0.15) is 5.10 Å². The molecular weight excluding hydrogens is 873 g/mol. The van der Waals surface area contributed by atoms with Crippen LogP contribution in [0.25, 0.3) is 28.1 Å². The van der Waals surface area contributed by atoms with Crippen LogP contribution in [-0.4, -0.2) is 83.1 Å². The maximum absolute atomic E-state index is 15.6. The third kappa shape index (κ3) is 6.76. The first-order chi connectivity index (χ1) is 32.3. The Morgan fingerprint density at radius 3 is 2.36 bits per heavy atom. The van der Waals surface area contributed by atoms with Gasteiger partial charge in [-0.15, -0.1) is 0 Å². The van der Waals surface area contributed by atoms with Gasteiger partial charge in [0.15, 0.2) is 5.82 Å². The molecule has 17 heteroatoms. The van der Waals surface area contributed by atoms with Gasteiger partial charge in [0.25, 0.3) is 5.91 Å². The first-order valence-electron chi connectivity index (χ1n) is 23.5. The SMILES string of the molecule is CCP(=O)(c1ccc(-n2ccn(-c3c4c(nn3-c3cc(C)c(F)c(C)c3)CCN(C(=O)c3cc5cc(C6CCOCC6)ccc5n3[C@@]3(c5noc(=O)[nH]5)C[C@@H]3C)[C@H]4C)c2=O)cc1NC)C1CC1. The summed E-state index contributed by atoms with van der Waals surface area (Å²) in [6.07, 6.45) is 8.73. The summed E-state index contributed by atoms with van der Waals surface area (Å²) in [6.45, 7) is 11.2. The molecule has 0 radical (unpaired) electrons. The molecule has 4 atom stereocenters. The van der Waals surface area contributed by atoms with E-state index >= 15 is 9.18 Å². The molecule has 2 saturated carbocycles. The summed E-state index contributed by atoms with van der Waals surface area (Å²) in [5.74, 6) is -0.0323. The molecule has 2 N–H and O–H groups in total. The third-order valence-corrected chi connectivity index (χ3v) is 19.0. The van der Waals surface area contributed by atoms with Gasteiger partial charge in [-0.1, -0.05) is 25.1 Å². The second-order valence-corrected chi connectivity index (χ2v) is 22.5. The van der Waals surface area contributed by atoms with Gasteiger partial charge in [-0.3, -0.25) is 23.4 Å². The molecule has 4 aromatic heterocycles. The largest absolute Gasteiger partial charge is 0.438 e. The quantitative estimate of drug-likeness (QED) is 0.123. The van der Waals surface area contributed by atoms with Crippen LogP contribution in [-0.2, 0) is 21.3 Å². The molecule has 0 spiro atoms. The summed E-state index contributed by atoms with van der Waals surface area (Å²) >= 11 is 0. The molecular formula is C50H55FN9O6P. The van der Waals surface area contributed by atoms with Crippen LogP contribution in [0.15, 0.2) is 81.1 Å². The third-order valence-electron chi connectivity index (χ3n) is 15.2. The van der Waals surface area contributed by atoms with Gasteiger partial charge in [0.2, 0.25) is 0 Å². The normalized spacial score (nSPS) is 21.7. The molecule has 1 saturated heterocycles. The van der Waals surface area contributed by atoms with Crippen molar-refractivity contribution in [3.63, 3.8) is 0 Å². The number of H-pyrrole nitrogens is 1. The Kier molecular flexibility index (Phi) is 10.3. The van der Waals surface area contributed by atoms with Gasteiger partial charge in [-0.25, -0.2) is 18.7 Å². The van der Waals surface area contributed by atoms with Crippen LogP contribution in [0.2, 0.25) is 0 Å². The van der Waals surface area contributed by atoms with Crippen molar-refractivity contribution in [1.82, 2.24) is 38.5 Å². The highest BCUT2D eigenvalue weighted by Crippen LogP contribution is 2.61. The number of fused-ring (bicyclic) bond motifs is 2. The molecule has 1 amide bonds. The number of carbonyl (C=O) groups excluding carboxylic acids is 1. The van der Waals surface area contributed by atoms with E-state index in [2.05, 4.69) is 40.6 Å². The number of benzene rings is 3. The van der Waals surface area contributed by atoms with Crippen LogP contribution in [0.4, 0.5) is 10.1 Å². The molecule has 15 nitrogen and oxygen atoms in total. The molecule has 6 heterocycles. The number of aromatic nitrogens is 7. The number of anilines is 1. The molecule has 7 aromatic rings. The van der Waals surface area contributed by atoms with Gasteiger partial charge in [-0.05, 0) is 130 Å². The molecule has 3 fully saturated rings. The number of nitrogens with one attached hydrogen (secondary N) is 2. The zero-order chi connectivity index (χ0) is 46.7. The number of hydrogen-bond acceptors (Lipinski definition) is 9. The van der Waals surface area contributed by atoms with E-state index in [9.17, 15) is 14.2 Å². The number of carbonyl (C=O) groups is 1. The van der Waals surface area contributed by atoms with Crippen molar-refractivity contribution in [3.8, 4) is 17.2 Å². The van der Waals surface area contributed by atoms with Crippen molar-refractivity contribution in [2.45, 2.75) is 96.3 Å². The van der Waals surface area contributed by atoms with Crippen molar-refractivity contribution in [2.75, 3.05) is 38.3 Å². The lowest BCUT2D eigenvalue weighted by molar-refractivity contribution is 0.0663. The Labute approximate surface area is 386 Å². The van der Waals surface area contributed by atoms with Gasteiger partial charge in [0, 0.05) is 84.9 Å². The predicted molar refractivity (Wildman–Crippen MR) is 254 cm³/mol. The van der Waals surface area contributed by atoms with E-state index in [1.807, 2.05) is 47.6 Å². The number of imidazole rings is 1. The van der Waals surface area contributed by atoms with Crippen molar-refractivity contribution in [2.24, 2.45) is 5.92 Å². The lowest BCUT2D eigenvalue weighted by Gasteiger charge is -2.34. The number of nitrogens with zero attached hydrogens (tertiary/aromatic N) is 7. The molecule has 2 aliphatic heterocycles. The van der Waals surface area contributed by atoms with Gasteiger partial charge < -0.3 is 24.1 Å². The number of halogens is 1. The Morgan fingerprint density at radius 1 is 0.970 bits per heavy atom. The summed E-state index contributed by atoms with van der Waals surface area (Å²) in [5, 5.41) is 14.3. The van der Waals surface area contributed by atoms with E-state index in [1.54, 1.807) is 59.2 Å². The minimum atomic E-state index is -2.63. The first kappa shape index (κ1) is 43.3. The van der Waals surface area contributed by atoms with E-state index in [4.69, 9.17) is 14.4 Å². The number of amides is 1. The lowest BCUT2D eigenvalue weighted by Crippen LogP contribution is -2.41. The average molecular weight is 928 g/mol. The minimum absolute atomic E-state index is 0.0223. The van der Waals surface area contributed by atoms with Gasteiger partial charge >= 0.3 is 11.4 Å². The summed E-state index contributed by atoms with van der Waals surface area (Å²) in [7, 11) is -0.826. The number of ether oxygens (including phenoxy) is 1. The zero-order valence-corrected chi connectivity index (χ0v) is 39.5. The second-order valence-electron chi connectivity index (χ2n) is 19.1. The van der Waals surface area contributed by atoms with Crippen LogP contribution in [0.1, 0.15) is 109 Å². The van der Waals surface area contributed by atoms with Crippen LogP contribution >= 0.6 is 7.14 Å². The number of hydrogen-bond donors (Lipinski definition) is 2. The Bertz CT molecular complexity index is 3290. The maximum atomic E-state index is 15.6. The summed E-state index contributed by atoms with van der Waals surface area (Å²) in [4.78, 5) is 47.6. The number of rotatable bonds is 11. The van der Waals surface area contributed by atoms with E-state index in [1.165, 1.54) is 5.56 Å². The highest BCUT2D eigenvalue weighted by Gasteiger charge is 2.59. The summed E-state index contributed by atoms with van der Waals surface area (Å²) < 4.78 is 47.0. The molecule has 3 aromatic carbocycles. The van der Waals surface area contributed by atoms with Crippen LogP contribution in [0, 0.1) is 25.6 Å². The Hall–Kier alpha value is -6.25. The highest BCUT2D eigenvalue weighted by atomic mass is 31.2. The fourth-order valence-corrected chi connectivity index (χ4v) is 14.4. The molecule has 1 unspecified atom stereocenters. The standard InChI is InChI=1S/C50H55FN9O6P/c1-7-67(64,37-10-11-37)42-13-9-35(26-39(42)52-6)57-18-19-58(49(57)63)45-43-31(5)56(17-14-38(43)54-60(45)36-22-28(2)44(51)29(3)23-36)46(61)41-25-34-24-33(32-15-20-65-21-16-32)8-12-40(34)59(41)50(27-30(50)4)47-53-48(62)66-55-47/h8-9,12-13,18-19,22-26,30-32,37,52H,7,10-11,14-17,20-21,27H2,1-6H3,(H,53,55,62)/t30-,31-,50-,67?/m0/s1. The Balaban J connectivity index is 1.04. The van der Waals surface area contributed by atoms with Crippen LogP contribution in [0.3, 0.4) is 0 Å². The van der Waals surface area contributed by atoms with Crippen molar-refractivity contribution < 1.29 is 23.0 Å². The number of aromatic amines is 1. The summed E-state index contributed by atoms with van der Waals surface area (Å²) in [6, 6.07) is 16.8. The van der Waals surface area contributed by atoms with Gasteiger partial charge in [0.05, 0.1) is 23.1 Å².